The number of hydrogen-bond acceptors (Lipinski definition) is 7. The highest BCUT2D eigenvalue weighted by molar-refractivity contribution is 5.78. The minimum absolute atomic E-state index is 0.0223. The first-order valence-electron chi connectivity index (χ1n) is 12.1. The predicted molar refractivity (Wildman–Crippen MR) is 135 cm³/mol. The number of nitrogens with zero attached hydrogens (tertiary/aromatic N) is 4. The van der Waals surface area contributed by atoms with Crippen LogP contribution in [0.4, 0.5) is 11.5 Å². The Morgan fingerprint density at radius 1 is 1.03 bits per heavy atom. The molecule has 0 atom stereocenters. The molecule has 0 saturated carbocycles. The van der Waals surface area contributed by atoms with Crippen molar-refractivity contribution in [3.8, 4) is 28.3 Å². The van der Waals surface area contributed by atoms with E-state index in [1.807, 2.05) is 59.6 Å². The largest absolute Gasteiger partial charge is 0.484 e. The molecule has 0 bridgehead atoms. The van der Waals surface area contributed by atoms with Crippen molar-refractivity contribution in [2.24, 2.45) is 0 Å². The number of aromatic nitrogens is 4. The zero-order valence-electron chi connectivity index (χ0n) is 19.7. The number of H-pyrrole nitrogens is 1. The number of benzene rings is 2. The van der Waals surface area contributed by atoms with E-state index in [0.29, 0.717) is 24.8 Å². The predicted octanol–water partition coefficient (Wildman–Crippen LogP) is 4.31. The number of hydrogen-bond donors (Lipinski definition) is 2. The first-order chi connectivity index (χ1) is 17.7. The zero-order chi connectivity index (χ0) is 24.3. The third-order valence-electron chi connectivity index (χ3n) is 6.47. The molecule has 6 rings (SSSR count). The van der Waals surface area contributed by atoms with Crippen LogP contribution in [0.2, 0.25) is 0 Å². The van der Waals surface area contributed by atoms with Gasteiger partial charge < -0.3 is 19.7 Å². The topological polar surface area (TPSA) is 105 Å². The van der Waals surface area contributed by atoms with Gasteiger partial charge in [0.25, 0.3) is 5.91 Å². The number of rotatable bonds is 7. The van der Waals surface area contributed by atoms with E-state index in [1.165, 1.54) is 0 Å². The molecule has 2 aromatic carbocycles. The summed E-state index contributed by atoms with van der Waals surface area (Å²) >= 11 is 0. The maximum Gasteiger partial charge on any atom is 0.260 e. The van der Waals surface area contributed by atoms with Gasteiger partial charge in [0, 0.05) is 41.7 Å². The van der Waals surface area contributed by atoms with Crippen molar-refractivity contribution in [1.82, 2.24) is 25.1 Å². The fraction of sp³-hybridized carbons (Fsp3) is 0.259. The van der Waals surface area contributed by atoms with Crippen LogP contribution in [0.15, 0.2) is 60.9 Å². The fourth-order valence-corrected chi connectivity index (χ4v) is 4.50. The van der Waals surface area contributed by atoms with E-state index in [4.69, 9.17) is 19.4 Å². The second kappa shape index (κ2) is 9.79. The van der Waals surface area contributed by atoms with Gasteiger partial charge in [-0.1, -0.05) is 24.3 Å². The molecule has 2 aliphatic rings. The van der Waals surface area contributed by atoms with Crippen molar-refractivity contribution >= 4 is 17.4 Å². The Labute approximate surface area is 208 Å². The highest BCUT2D eigenvalue weighted by Crippen LogP contribution is 2.31. The first kappa shape index (κ1) is 22.2. The van der Waals surface area contributed by atoms with Crippen LogP contribution >= 0.6 is 0 Å². The van der Waals surface area contributed by atoms with Gasteiger partial charge >= 0.3 is 0 Å². The molecule has 0 radical (unpaired) electrons. The van der Waals surface area contributed by atoms with Gasteiger partial charge in [0.1, 0.15) is 11.6 Å². The summed E-state index contributed by atoms with van der Waals surface area (Å²) in [5.74, 6) is 1.94. The highest BCUT2D eigenvalue weighted by Gasteiger charge is 2.22. The van der Waals surface area contributed by atoms with Crippen LogP contribution in [-0.2, 0) is 22.7 Å². The lowest BCUT2D eigenvalue weighted by Gasteiger charge is -2.16. The van der Waals surface area contributed by atoms with Gasteiger partial charge in [-0.15, -0.1) is 0 Å². The number of ether oxygens (including phenoxy) is 2. The minimum atomic E-state index is 0.0223. The van der Waals surface area contributed by atoms with Gasteiger partial charge in [-0.05, 0) is 42.7 Å². The maximum atomic E-state index is 12.4. The molecule has 9 heteroatoms. The van der Waals surface area contributed by atoms with Gasteiger partial charge in [0.15, 0.2) is 12.4 Å². The Balaban J connectivity index is 1.22. The van der Waals surface area contributed by atoms with Crippen molar-refractivity contribution in [3.63, 3.8) is 0 Å². The molecule has 2 aliphatic heterocycles. The lowest BCUT2D eigenvalue weighted by atomic mass is 10.1. The lowest BCUT2D eigenvalue weighted by Crippen LogP contribution is -2.32. The van der Waals surface area contributed by atoms with Gasteiger partial charge in [0.05, 0.1) is 25.1 Å². The van der Waals surface area contributed by atoms with Crippen molar-refractivity contribution in [2.45, 2.75) is 26.1 Å². The Hall–Kier alpha value is -4.24. The summed E-state index contributed by atoms with van der Waals surface area (Å²) in [7, 11) is 0. The zero-order valence-corrected chi connectivity index (χ0v) is 19.7. The van der Waals surface area contributed by atoms with E-state index in [9.17, 15) is 4.79 Å². The smallest absolute Gasteiger partial charge is 0.260 e. The standard InChI is InChI=1S/C27H26N6O3/c34-25(33-10-1-2-11-33)17-36-22-5-3-4-19(12-22)26-31-24-16-35-15-23(24)27(32-26)30-21-8-6-18(7-9-21)20-13-28-29-14-20/h3-9,12-14H,1-2,10-11,15-17H2,(H,28,29)(H,30,31,32). The summed E-state index contributed by atoms with van der Waals surface area (Å²) in [6.07, 6.45) is 5.78. The molecule has 1 saturated heterocycles. The van der Waals surface area contributed by atoms with Crippen LogP contribution in [0.1, 0.15) is 24.1 Å². The molecule has 4 aromatic rings. The third-order valence-corrected chi connectivity index (χ3v) is 6.47. The third kappa shape index (κ3) is 4.65. The number of fused-ring (bicyclic) bond motifs is 1. The second-order valence-electron chi connectivity index (χ2n) is 8.91. The van der Waals surface area contributed by atoms with Crippen LogP contribution in [0, 0.1) is 0 Å². The molecule has 9 nitrogen and oxygen atoms in total. The van der Waals surface area contributed by atoms with E-state index in [2.05, 4.69) is 15.5 Å². The maximum absolute atomic E-state index is 12.4. The van der Waals surface area contributed by atoms with Gasteiger partial charge in [0.2, 0.25) is 0 Å². The van der Waals surface area contributed by atoms with Crippen LogP contribution in [-0.4, -0.2) is 50.7 Å². The summed E-state index contributed by atoms with van der Waals surface area (Å²) in [5, 5.41) is 10.3. The number of amides is 1. The molecule has 182 valence electrons. The molecule has 0 aliphatic carbocycles. The number of carbonyl (C=O) groups is 1. The van der Waals surface area contributed by atoms with Gasteiger partial charge in [-0.25, -0.2) is 9.97 Å². The Bertz CT molecular complexity index is 1370. The normalized spacial score (nSPS) is 14.6. The molecule has 1 amide bonds. The Morgan fingerprint density at radius 2 is 1.89 bits per heavy atom. The van der Waals surface area contributed by atoms with E-state index in [1.54, 1.807) is 6.20 Å². The summed E-state index contributed by atoms with van der Waals surface area (Å²) in [5.41, 5.74) is 5.66. The Kier molecular flexibility index (Phi) is 6.05. The number of nitrogens with one attached hydrogen (secondary N) is 2. The van der Waals surface area contributed by atoms with E-state index < -0.39 is 0 Å². The summed E-state index contributed by atoms with van der Waals surface area (Å²) in [6, 6.07) is 15.6. The summed E-state index contributed by atoms with van der Waals surface area (Å²) in [4.78, 5) is 23.8. The summed E-state index contributed by atoms with van der Waals surface area (Å²) in [6.45, 7) is 2.57. The van der Waals surface area contributed by atoms with E-state index >= 15 is 0 Å². The minimum Gasteiger partial charge on any atom is -0.484 e. The first-order valence-corrected chi connectivity index (χ1v) is 12.1. The van der Waals surface area contributed by atoms with Crippen LogP contribution in [0.25, 0.3) is 22.5 Å². The van der Waals surface area contributed by atoms with Gasteiger partial charge in [-0.2, -0.15) is 5.10 Å². The Morgan fingerprint density at radius 3 is 2.69 bits per heavy atom. The lowest BCUT2D eigenvalue weighted by molar-refractivity contribution is -0.132. The molecule has 0 spiro atoms. The highest BCUT2D eigenvalue weighted by atomic mass is 16.5. The van der Waals surface area contributed by atoms with E-state index in [0.717, 1.165) is 65.4 Å². The average Bonchev–Trinajstić information content (AvgIpc) is 3.70. The summed E-state index contributed by atoms with van der Waals surface area (Å²) < 4.78 is 11.5. The SMILES string of the molecule is O=C(COc1cccc(-c2nc3c(c(Nc4ccc(-c5cn[nH]c5)cc4)n2)COC3)c1)N1CCCC1. The molecular weight excluding hydrogens is 456 g/mol. The van der Waals surface area contributed by atoms with Gasteiger partial charge in [-0.3, -0.25) is 9.89 Å². The number of anilines is 2. The molecule has 1 fully saturated rings. The van der Waals surface area contributed by atoms with Crippen molar-refractivity contribution < 1.29 is 14.3 Å². The van der Waals surface area contributed by atoms with Crippen molar-refractivity contribution in [1.29, 1.82) is 0 Å². The molecular formula is C27H26N6O3. The van der Waals surface area contributed by atoms with E-state index in [-0.39, 0.29) is 12.5 Å². The number of carbonyl (C=O) groups excluding carboxylic acids is 1. The van der Waals surface area contributed by atoms with Crippen molar-refractivity contribution in [3.05, 3.63) is 72.2 Å². The van der Waals surface area contributed by atoms with Crippen LogP contribution in [0.5, 0.6) is 5.75 Å². The molecule has 0 unspecified atom stereocenters. The van der Waals surface area contributed by atoms with Crippen LogP contribution in [0.3, 0.4) is 0 Å². The molecule has 2 N–H and O–H groups in total. The quantitative estimate of drug-likeness (QED) is 0.404. The second-order valence-corrected chi connectivity index (χ2v) is 8.91. The average molecular weight is 483 g/mol. The molecule has 36 heavy (non-hydrogen) atoms. The van der Waals surface area contributed by atoms with Crippen molar-refractivity contribution in [2.75, 3.05) is 25.0 Å². The fourth-order valence-electron chi connectivity index (χ4n) is 4.50. The molecule has 4 heterocycles. The van der Waals surface area contributed by atoms with Crippen LogP contribution < -0.4 is 10.1 Å². The molecule has 2 aromatic heterocycles. The number of likely N-dealkylation sites (tertiary alicyclic amines) is 1. The number of aromatic amines is 1. The monoisotopic (exact) mass is 482 g/mol.